The fraction of sp³-hybridized carbons (Fsp3) is 0.524. The Morgan fingerprint density at radius 3 is 2.39 bits per heavy atom. The van der Waals surface area contributed by atoms with Crippen molar-refractivity contribution in [3.63, 3.8) is 0 Å². The zero-order valence-electron chi connectivity index (χ0n) is 18.0. The van der Waals surface area contributed by atoms with Crippen molar-refractivity contribution in [1.82, 2.24) is 15.6 Å². The molecule has 0 atom stereocenters. The van der Waals surface area contributed by atoms with E-state index < -0.39 is 12.8 Å². The normalized spacial score (nSPS) is 11.9. The molecule has 0 spiro atoms. The van der Waals surface area contributed by atoms with Crippen LogP contribution >= 0.6 is 35.3 Å². The molecule has 174 valence electrons. The molecule has 0 aliphatic heterocycles. The average Bonchev–Trinajstić information content (AvgIpc) is 3.05. The quantitative estimate of drug-likeness (QED) is 0.240. The van der Waals surface area contributed by atoms with E-state index in [1.165, 1.54) is 10.6 Å². The molecule has 1 aromatic heterocycles. The number of halogens is 4. The summed E-state index contributed by atoms with van der Waals surface area (Å²) < 4.78 is 41.1. The number of thiazole rings is 1. The molecule has 31 heavy (non-hydrogen) atoms. The van der Waals surface area contributed by atoms with E-state index in [-0.39, 0.29) is 30.6 Å². The summed E-state index contributed by atoms with van der Waals surface area (Å²) in [5.41, 5.74) is 2.83. The van der Waals surface area contributed by atoms with Gasteiger partial charge in [-0.25, -0.2) is 9.98 Å². The predicted octanol–water partition coefficient (Wildman–Crippen LogP) is 5.01. The van der Waals surface area contributed by atoms with Crippen LogP contribution in [0, 0.1) is 6.92 Å². The van der Waals surface area contributed by atoms with E-state index in [1.54, 1.807) is 23.5 Å². The van der Waals surface area contributed by atoms with Crippen LogP contribution in [0.1, 0.15) is 40.6 Å². The fourth-order valence-corrected chi connectivity index (χ4v) is 3.77. The van der Waals surface area contributed by atoms with Gasteiger partial charge in [0.15, 0.2) is 5.96 Å². The van der Waals surface area contributed by atoms with Crippen LogP contribution in [0.2, 0.25) is 0 Å². The number of ether oxygens (including phenoxy) is 1. The lowest BCUT2D eigenvalue weighted by molar-refractivity contribution is -0.176. The van der Waals surface area contributed by atoms with Crippen LogP contribution in [0.4, 0.5) is 13.2 Å². The number of guanidine groups is 1. The van der Waals surface area contributed by atoms with Crippen LogP contribution in [0.25, 0.3) is 0 Å². The van der Waals surface area contributed by atoms with Gasteiger partial charge >= 0.3 is 6.18 Å². The van der Waals surface area contributed by atoms with Gasteiger partial charge in [0.2, 0.25) is 0 Å². The third-order valence-electron chi connectivity index (χ3n) is 4.22. The molecule has 5 nitrogen and oxygen atoms in total. The van der Waals surface area contributed by atoms with Crippen molar-refractivity contribution >= 4 is 41.3 Å². The smallest absolute Gasteiger partial charge is 0.367 e. The standard InChI is InChI=1S/C21H29F3N4OS.HI/c1-4-18-15(3)30-19(28-18)10-11-26-20(25-5-2)27-12-16-6-8-17(9-7-16)13-29-14-21(22,23)24;/h6-9H,4-5,10-14H2,1-3H3,(H2,25,26,27);1H. The predicted molar refractivity (Wildman–Crippen MR) is 130 cm³/mol. The van der Waals surface area contributed by atoms with Crippen LogP contribution in [0.3, 0.4) is 0 Å². The lowest BCUT2D eigenvalue weighted by atomic mass is 10.1. The van der Waals surface area contributed by atoms with Crippen molar-refractivity contribution in [1.29, 1.82) is 0 Å². The highest BCUT2D eigenvalue weighted by molar-refractivity contribution is 14.0. The van der Waals surface area contributed by atoms with Gasteiger partial charge in [-0.2, -0.15) is 13.2 Å². The first-order valence-corrected chi connectivity index (χ1v) is 10.8. The summed E-state index contributed by atoms with van der Waals surface area (Å²) in [4.78, 5) is 10.5. The lowest BCUT2D eigenvalue weighted by Gasteiger charge is -2.11. The number of aromatic nitrogens is 1. The van der Waals surface area contributed by atoms with E-state index in [0.29, 0.717) is 12.1 Å². The summed E-state index contributed by atoms with van der Waals surface area (Å²) in [5, 5.41) is 7.66. The first-order valence-electron chi connectivity index (χ1n) is 10.0. The average molecular weight is 570 g/mol. The third kappa shape index (κ3) is 10.6. The van der Waals surface area contributed by atoms with Crippen molar-refractivity contribution in [2.24, 2.45) is 4.99 Å². The van der Waals surface area contributed by atoms with Gasteiger partial charge in [-0.3, -0.25) is 0 Å². The Balaban J connectivity index is 0.00000480. The maximum absolute atomic E-state index is 12.1. The summed E-state index contributed by atoms with van der Waals surface area (Å²) in [6.45, 7) is 6.87. The highest BCUT2D eigenvalue weighted by Crippen LogP contribution is 2.18. The number of hydrogen-bond acceptors (Lipinski definition) is 4. The molecule has 2 N–H and O–H groups in total. The maximum atomic E-state index is 12.1. The van der Waals surface area contributed by atoms with Crippen molar-refractivity contribution < 1.29 is 17.9 Å². The van der Waals surface area contributed by atoms with E-state index in [4.69, 9.17) is 0 Å². The van der Waals surface area contributed by atoms with Gasteiger partial charge in [-0.1, -0.05) is 31.2 Å². The van der Waals surface area contributed by atoms with Gasteiger partial charge < -0.3 is 15.4 Å². The molecule has 0 amide bonds. The highest BCUT2D eigenvalue weighted by Gasteiger charge is 2.27. The molecule has 2 rings (SSSR count). The van der Waals surface area contributed by atoms with Gasteiger partial charge in [-0.15, -0.1) is 35.3 Å². The molecule has 0 unspecified atom stereocenters. The molecule has 0 aliphatic rings. The molecule has 1 aromatic carbocycles. The number of nitrogens with zero attached hydrogens (tertiary/aromatic N) is 2. The first-order chi connectivity index (χ1) is 14.3. The zero-order valence-corrected chi connectivity index (χ0v) is 21.2. The van der Waals surface area contributed by atoms with Gasteiger partial charge in [0, 0.05) is 24.4 Å². The van der Waals surface area contributed by atoms with Gasteiger partial charge in [0.05, 0.1) is 23.9 Å². The summed E-state index contributed by atoms with van der Waals surface area (Å²) in [6, 6.07) is 7.23. The van der Waals surface area contributed by atoms with Crippen molar-refractivity contribution in [2.45, 2.75) is 52.9 Å². The minimum Gasteiger partial charge on any atom is -0.367 e. The van der Waals surface area contributed by atoms with Crippen LogP contribution in [0.15, 0.2) is 29.3 Å². The Kier molecular flexibility index (Phi) is 12.4. The zero-order chi connectivity index (χ0) is 22.0. The summed E-state index contributed by atoms with van der Waals surface area (Å²) in [6.07, 6.45) is -2.52. The minimum absolute atomic E-state index is 0. The number of hydrogen-bond donors (Lipinski definition) is 2. The molecule has 0 fully saturated rings. The second-order valence-corrected chi connectivity index (χ2v) is 8.05. The number of aryl methyl sites for hydroxylation is 2. The SMILES string of the molecule is CCNC(=NCc1ccc(COCC(F)(F)F)cc1)NCCc1nc(CC)c(C)s1.I. The molecular weight excluding hydrogens is 540 g/mol. The fourth-order valence-electron chi connectivity index (χ4n) is 2.75. The maximum Gasteiger partial charge on any atom is 0.411 e. The van der Waals surface area contributed by atoms with Gasteiger partial charge in [-0.05, 0) is 31.4 Å². The van der Waals surface area contributed by atoms with Crippen molar-refractivity contribution in [3.05, 3.63) is 51.0 Å². The van der Waals surface area contributed by atoms with E-state index in [0.717, 1.165) is 42.5 Å². The number of benzene rings is 1. The Morgan fingerprint density at radius 2 is 1.81 bits per heavy atom. The molecule has 0 radical (unpaired) electrons. The van der Waals surface area contributed by atoms with Gasteiger partial charge in [0.25, 0.3) is 0 Å². The molecule has 0 bridgehead atoms. The van der Waals surface area contributed by atoms with Crippen LogP contribution < -0.4 is 10.6 Å². The third-order valence-corrected chi connectivity index (χ3v) is 5.30. The Bertz CT molecular complexity index is 810. The number of aliphatic imine (C=N–C) groups is 1. The minimum atomic E-state index is -4.30. The molecule has 2 aromatic rings. The Morgan fingerprint density at radius 1 is 1.13 bits per heavy atom. The van der Waals surface area contributed by atoms with Crippen LogP contribution in [-0.4, -0.2) is 36.8 Å². The van der Waals surface area contributed by atoms with Crippen molar-refractivity contribution in [3.8, 4) is 0 Å². The molecule has 10 heteroatoms. The number of nitrogens with one attached hydrogen (secondary N) is 2. The Hall–Kier alpha value is -1.40. The lowest BCUT2D eigenvalue weighted by Crippen LogP contribution is -2.38. The topological polar surface area (TPSA) is 58.5 Å². The number of alkyl halides is 3. The highest BCUT2D eigenvalue weighted by atomic mass is 127. The van der Waals surface area contributed by atoms with Crippen LogP contribution in [-0.2, 0) is 30.7 Å². The van der Waals surface area contributed by atoms with E-state index >= 15 is 0 Å². The molecule has 1 heterocycles. The van der Waals surface area contributed by atoms with Crippen LogP contribution in [0.5, 0.6) is 0 Å². The number of rotatable bonds is 10. The van der Waals surface area contributed by atoms with Gasteiger partial charge in [0.1, 0.15) is 6.61 Å². The molecular formula is C21H30F3IN4OS. The van der Waals surface area contributed by atoms with E-state index in [9.17, 15) is 13.2 Å². The molecule has 0 saturated heterocycles. The first kappa shape index (κ1) is 27.6. The second kappa shape index (κ2) is 13.9. The van der Waals surface area contributed by atoms with Crippen molar-refractivity contribution in [2.75, 3.05) is 19.7 Å². The summed E-state index contributed by atoms with van der Waals surface area (Å²) >= 11 is 1.74. The monoisotopic (exact) mass is 570 g/mol. The Labute approximate surface area is 202 Å². The molecule has 0 aliphatic carbocycles. The van der Waals surface area contributed by atoms with E-state index in [1.807, 2.05) is 19.1 Å². The largest absolute Gasteiger partial charge is 0.411 e. The second-order valence-electron chi connectivity index (χ2n) is 6.76. The summed E-state index contributed by atoms with van der Waals surface area (Å²) in [7, 11) is 0. The molecule has 0 saturated carbocycles. The van der Waals surface area contributed by atoms with E-state index in [2.05, 4.69) is 39.2 Å². The summed E-state index contributed by atoms with van der Waals surface area (Å²) in [5.74, 6) is 0.721.